The molecule has 0 saturated carbocycles. The van der Waals surface area contributed by atoms with Crippen LogP contribution in [-0.2, 0) is 14.4 Å². The number of carboxylic acid groups (broad SMARTS) is 1. The van der Waals surface area contributed by atoms with E-state index in [4.69, 9.17) is 9.84 Å². The Hall–Kier alpha value is -3.11. The van der Waals surface area contributed by atoms with Gasteiger partial charge in [-0.05, 0) is 43.3 Å². The minimum Gasteiger partial charge on any atom is -0.494 e. The number of anilines is 2. The van der Waals surface area contributed by atoms with Crippen LogP contribution in [0, 0.1) is 0 Å². The molecular weight excluding hydrogens is 438 g/mol. The van der Waals surface area contributed by atoms with Crippen LogP contribution in [0.2, 0.25) is 0 Å². The van der Waals surface area contributed by atoms with E-state index in [2.05, 4.69) is 15.6 Å². The highest BCUT2D eigenvalue weighted by molar-refractivity contribution is 8.00. The van der Waals surface area contributed by atoms with Crippen molar-refractivity contribution in [2.24, 2.45) is 0 Å². The van der Waals surface area contributed by atoms with E-state index in [1.54, 1.807) is 18.2 Å². The highest BCUT2D eigenvalue weighted by atomic mass is 32.2. The largest absolute Gasteiger partial charge is 0.494 e. The number of hydrogen-bond donors (Lipinski definition) is 3. The third kappa shape index (κ3) is 6.97. The quantitative estimate of drug-likeness (QED) is 0.388. The smallest absolute Gasteiger partial charge is 0.303 e. The molecule has 0 aliphatic carbocycles. The molecule has 1 aromatic heterocycles. The maximum absolute atomic E-state index is 12.3. The first-order valence-corrected chi connectivity index (χ1v) is 11.3. The molecule has 162 valence electrons. The zero-order valence-electron chi connectivity index (χ0n) is 16.7. The molecule has 3 N–H and O–H groups in total. The molecule has 10 heteroatoms. The molecule has 31 heavy (non-hydrogen) atoms. The lowest BCUT2D eigenvalue weighted by atomic mass is 10.2. The monoisotopic (exact) mass is 459 g/mol. The van der Waals surface area contributed by atoms with E-state index in [1.807, 2.05) is 31.2 Å². The number of aromatic nitrogens is 1. The van der Waals surface area contributed by atoms with Gasteiger partial charge in [0.2, 0.25) is 11.8 Å². The summed E-state index contributed by atoms with van der Waals surface area (Å²) in [6.45, 7) is 2.50. The number of thiazole rings is 1. The Bertz CT molecular complexity index is 1100. The number of carboxylic acids is 1. The fourth-order valence-corrected chi connectivity index (χ4v) is 4.29. The van der Waals surface area contributed by atoms with Gasteiger partial charge in [0.05, 0.1) is 29.0 Å². The summed E-state index contributed by atoms with van der Waals surface area (Å²) in [6, 6.07) is 12.6. The van der Waals surface area contributed by atoms with E-state index in [9.17, 15) is 14.4 Å². The maximum atomic E-state index is 12.3. The van der Waals surface area contributed by atoms with Gasteiger partial charge in [-0.2, -0.15) is 0 Å². The second-order valence-electron chi connectivity index (χ2n) is 6.39. The first kappa shape index (κ1) is 22.6. The molecule has 0 aliphatic rings. The highest BCUT2D eigenvalue weighted by Gasteiger charge is 2.10. The van der Waals surface area contributed by atoms with Crippen molar-refractivity contribution in [2.45, 2.75) is 24.7 Å². The Balaban J connectivity index is 1.53. The molecule has 2 amide bonds. The first-order chi connectivity index (χ1) is 14.9. The number of nitrogens with one attached hydrogen (secondary N) is 2. The molecule has 0 spiro atoms. The van der Waals surface area contributed by atoms with Crippen LogP contribution in [0.25, 0.3) is 10.2 Å². The van der Waals surface area contributed by atoms with Crippen LogP contribution in [-0.4, -0.2) is 40.2 Å². The third-order valence-corrected chi connectivity index (χ3v) is 5.90. The predicted molar refractivity (Wildman–Crippen MR) is 122 cm³/mol. The maximum Gasteiger partial charge on any atom is 0.303 e. The fourth-order valence-electron chi connectivity index (χ4n) is 2.63. The van der Waals surface area contributed by atoms with Crippen LogP contribution < -0.4 is 15.4 Å². The van der Waals surface area contributed by atoms with Gasteiger partial charge < -0.3 is 20.5 Å². The molecule has 0 radical (unpaired) electrons. The minimum absolute atomic E-state index is 0.0939. The second-order valence-corrected chi connectivity index (χ2v) is 8.47. The Morgan fingerprint density at radius 2 is 1.94 bits per heavy atom. The third-order valence-electron chi connectivity index (χ3n) is 3.97. The molecule has 8 nitrogen and oxygen atoms in total. The van der Waals surface area contributed by atoms with Crippen molar-refractivity contribution in [3.63, 3.8) is 0 Å². The van der Waals surface area contributed by atoms with Crippen LogP contribution in [0.5, 0.6) is 5.75 Å². The van der Waals surface area contributed by atoms with Gasteiger partial charge in [0.15, 0.2) is 5.13 Å². The Morgan fingerprint density at radius 3 is 2.71 bits per heavy atom. The standard InChI is InChI=1S/C21H21N3O5S2/c1-2-29-14-6-7-16-17(11-14)31-21(23-16)24-19(26)12-30-15-5-3-4-13(10-15)22-18(25)8-9-20(27)28/h3-7,10-11H,2,8-9,12H2,1H3,(H,22,25)(H,27,28)(H,23,24,26). The number of carbonyl (C=O) groups excluding carboxylic acids is 2. The van der Waals surface area contributed by atoms with E-state index >= 15 is 0 Å². The number of amides is 2. The molecule has 0 aliphatic heterocycles. The number of fused-ring (bicyclic) bond motifs is 1. The van der Waals surface area contributed by atoms with Crippen molar-refractivity contribution in [2.75, 3.05) is 23.0 Å². The topological polar surface area (TPSA) is 118 Å². The van der Waals surface area contributed by atoms with Crippen LogP contribution in [0.3, 0.4) is 0 Å². The summed E-state index contributed by atoms with van der Waals surface area (Å²) in [5, 5.41) is 14.6. The van der Waals surface area contributed by atoms with E-state index in [0.29, 0.717) is 17.4 Å². The average Bonchev–Trinajstić information content (AvgIpc) is 3.13. The molecule has 3 rings (SSSR count). The lowest BCUT2D eigenvalue weighted by molar-refractivity contribution is -0.138. The summed E-state index contributed by atoms with van der Waals surface area (Å²) in [6.07, 6.45) is -0.317. The van der Waals surface area contributed by atoms with E-state index < -0.39 is 5.97 Å². The van der Waals surface area contributed by atoms with Crippen molar-refractivity contribution in [1.29, 1.82) is 0 Å². The van der Waals surface area contributed by atoms with Crippen molar-refractivity contribution < 1.29 is 24.2 Å². The first-order valence-electron chi connectivity index (χ1n) is 9.50. The number of carbonyl (C=O) groups is 3. The summed E-state index contributed by atoms with van der Waals surface area (Å²) in [5.74, 6) is -0.637. The molecule has 2 aromatic carbocycles. The number of hydrogen-bond acceptors (Lipinski definition) is 7. The molecule has 3 aromatic rings. The van der Waals surface area contributed by atoms with E-state index in [-0.39, 0.29) is 30.4 Å². The molecule has 0 fully saturated rings. The number of benzene rings is 2. The lowest BCUT2D eigenvalue weighted by Gasteiger charge is -2.07. The Kier molecular flexibility index (Phi) is 7.85. The minimum atomic E-state index is -1.02. The SMILES string of the molecule is CCOc1ccc2nc(NC(=O)CSc3cccc(NC(=O)CCC(=O)O)c3)sc2c1. The number of thioether (sulfide) groups is 1. The molecule has 0 atom stereocenters. The van der Waals surface area contributed by atoms with Crippen molar-refractivity contribution in [1.82, 2.24) is 4.98 Å². The Labute approximate surface area is 187 Å². The van der Waals surface area contributed by atoms with Gasteiger partial charge >= 0.3 is 5.97 Å². The molecular formula is C21H21N3O5S2. The number of ether oxygens (including phenoxy) is 1. The second kappa shape index (κ2) is 10.8. The van der Waals surface area contributed by atoms with Gasteiger partial charge in [0.25, 0.3) is 0 Å². The van der Waals surface area contributed by atoms with Gasteiger partial charge in [0, 0.05) is 17.0 Å². The van der Waals surface area contributed by atoms with Gasteiger partial charge in [-0.1, -0.05) is 17.4 Å². The summed E-state index contributed by atoms with van der Waals surface area (Å²) in [5.41, 5.74) is 1.35. The molecule has 0 unspecified atom stereocenters. The van der Waals surface area contributed by atoms with Crippen LogP contribution in [0.1, 0.15) is 19.8 Å². The van der Waals surface area contributed by atoms with Crippen LogP contribution in [0.4, 0.5) is 10.8 Å². The Morgan fingerprint density at radius 1 is 1.10 bits per heavy atom. The zero-order valence-corrected chi connectivity index (χ0v) is 18.3. The zero-order chi connectivity index (χ0) is 22.2. The van der Waals surface area contributed by atoms with Crippen molar-refractivity contribution in [3.05, 3.63) is 42.5 Å². The van der Waals surface area contributed by atoms with Gasteiger partial charge in [-0.25, -0.2) is 4.98 Å². The normalized spacial score (nSPS) is 10.6. The molecule has 0 saturated heterocycles. The van der Waals surface area contributed by atoms with Crippen LogP contribution >= 0.6 is 23.1 Å². The van der Waals surface area contributed by atoms with Crippen molar-refractivity contribution in [3.8, 4) is 5.75 Å². The summed E-state index contributed by atoms with van der Waals surface area (Å²) >= 11 is 2.70. The number of nitrogens with zero attached hydrogens (tertiary/aromatic N) is 1. The van der Waals surface area contributed by atoms with Gasteiger partial charge in [-0.3, -0.25) is 14.4 Å². The molecule has 0 bridgehead atoms. The van der Waals surface area contributed by atoms with Crippen LogP contribution in [0.15, 0.2) is 47.4 Å². The fraction of sp³-hybridized carbons (Fsp3) is 0.238. The summed E-state index contributed by atoms with van der Waals surface area (Å²) in [7, 11) is 0. The highest BCUT2D eigenvalue weighted by Crippen LogP contribution is 2.29. The summed E-state index contributed by atoms with van der Waals surface area (Å²) < 4.78 is 6.42. The van der Waals surface area contributed by atoms with E-state index in [1.165, 1.54) is 23.1 Å². The number of rotatable bonds is 10. The lowest BCUT2D eigenvalue weighted by Crippen LogP contribution is -2.14. The van der Waals surface area contributed by atoms with Crippen molar-refractivity contribution >= 4 is 61.9 Å². The van der Waals surface area contributed by atoms with E-state index in [0.717, 1.165) is 20.9 Å². The summed E-state index contributed by atoms with van der Waals surface area (Å²) in [4.78, 5) is 39.9. The van der Waals surface area contributed by atoms with Gasteiger partial charge in [-0.15, -0.1) is 11.8 Å². The van der Waals surface area contributed by atoms with Gasteiger partial charge in [0.1, 0.15) is 5.75 Å². The predicted octanol–water partition coefficient (Wildman–Crippen LogP) is 4.23. The average molecular weight is 460 g/mol. The molecule has 1 heterocycles. The number of aliphatic carboxylic acids is 1.